The van der Waals surface area contributed by atoms with Crippen molar-refractivity contribution in [2.24, 2.45) is 0 Å². The predicted octanol–water partition coefficient (Wildman–Crippen LogP) is 3.75. The number of hydrogen-bond acceptors (Lipinski definition) is 3. The Morgan fingerprint density at radius 2 is 1.89 bits per heavy atom. The molecule has 3 rings (SSSR count). The van der Waals surface area contributed by atoms with Crippen LogP contribution in [0, 0.1) is 0 Å². The van der Waals surface area contributed by atoms with Gasteiger partial charge >= 0.3 is 0 Å². The number of para-hydroxylation sites is 2. The van der Waals surface area contributed by atoms with Crippen molar-refractivity contribution in [3.63, 3.8) is 0 Å². The van der Waals surface area contributed by atoms with Gasteiger partial charge in [-0.05, 0) is 37.1 Å². The molecule has 0 spiro atoms. The Hall–Kier alpha value is -2.79. The van der Waals surface area contributed by atoms with Crippen molar-refractivity contribution in [1.82, 2.24) is 15.2 Å². The molecule has 5 nitrogen and oxygen atoms in total. The molecule has 1 aromatic heterocycles. The monoisotopic (exact) mass is 379 g/mol. The summed E-state index contributed by atoms with van der Waals surface area (Å²) in [7, 11) is 1.67. The topological polar surface area (TPSA) is 57.4 Å². The van der Waals surface area contributed by atoms with E-state index in [1.165, 1.54) is 10.9 Å². The summed E-state index contributed by atoms with van der Waals surface area (Å²) in [6, 6.07) is 16.2. The lowest BCUT2D eigenvalue weighted by molar-refractivity contribution is -0.130. The number of benzene rings is 2. The summed E-state index contributed by atoms with van der Waals surface area (Å²) in [4.78, 5) is 18.1. The zero-order valence-corrected chi connectivity index (χ0v) is 16.7. The van der Waals surface area contributed by atoms with Gasteiger partial charge in [0.05, 0.1) is 13.7 Å². The molecule has 0 bridgehead atoms. The molecule has 0 atom stereocenters. The van der Waals surface area contributed by atoms with E-state index in [1.807, 2.05) is 47.5 Å². The summed E-state index contributed by atoms with van der Waals surface area (Å²) in [6.45, 7) is 4.50. The molecule has 2 aromatic carbocycles. The van der Waals surface area contributed by atoms with Crippen LogP contribution in [0.5, 0.6) is 5.75 Å². The Kier molecular flexibility index (Phi) is 7.09. The Morgan fingerprint density at radius 1 is 1.11 bits per heavy atom. The van der Waals surface area contributed by atoms with Crippen LogP contribution in [0.25, 0.3) is 10.9 Å². The maximum atomic E-state index is 12.9. The molecule has 148 valence electrons. The average molecular weight is 380 g/mol. The highest BCUT2D eigenvalue weighted by Gasteiger charge is 2.16. The number of ether oxygens (including phenoxy) is 1. The van der Waals surface area contributed by atoms with E-state index in [9.17, 15) is 4.79 Å². The van der Waals surface area contributed by atoms with E-state index in [0.717, 1.165) is 36.2 Å². The van der Waals surface area contributed by atoms with Crippen LogP contribution in [-0.4, -0.2) is 42.5 Å². The smallest absolute Gasteiger partial charge is 0.236 e. The fraction of sp³-hybridized carbons (Fsp3) is 0.348. The van der Waals surface area contributed by atoms with Gasteiger partial charge in [-0.2, -0.15) is 0 Å². The molecule has 0 aliphatic heterocycles. The zero-order valence-electron chi connectivity index (χ0n) is 16.7. The van der Waals surface area contributed by atoms with Gasteiger partial charge in [0.15, 0.2) is 0 Å². The molecule has 2 N–H and O–H groups in total. The van der Waals surface area contributed by atoms with Gasteiger partial charge < -0.3 is 19.9 Å². The Labute approximate surface area is 166 Å². The standard InChI is InChI=1S/C23H29N3O2/c1-3-13-24-16-23(27)26(17-19-8-4-7-11-22(19)28-2)14-12-18-15-25-21-10-6-5-9-20(18)21/h4-11,15,24-25H,3,12-14,16-17H2,1-2H3. The van der Waals surface area contributed by atoms with Crippen LogP contribution >= 0.6 is 0 Å². The van der Waals surface area contributed by atoms with Crippen molar-refractivity contribution in [2.45, 2.75) is 26.3 Å². The molecule has 1 amide bonds. The quantitative estimate of drug-likeness (QED) is 0.528. The summed E-state index contributed by atoms with van der Waals surface area (Å²) < 4.78 is 5.47. The summed E-state index contributed by atoms with van der Waals surface area (Å²) in [5.74, 6) is 0.924. The first kappa shape index (κ1) is 20.0. The van der Waals surface area contributed by atoms with Crippen LogP contribution in [0.4, 0.5) is 0 Å². The highest BCUT2D eigenvalue weighted by atomic mass is 16.5. The van der Waals surface area contributed by atoms with Gasteiger partial charge in [-0.3, -0.25) is 4.79 Å². The number of aromatic nitrogens is 1. The molecule has 0 aliphatic rings. The second-order valence-corrected chi connectivity index (χ2v) is 6.91. The number of H-pyrrole nitrogens is 1. The second-order valence-electron chi connectivity index (χ2n) is 6.91. The highest BCUT2D eigenvalue weighted by molar-refractivity contribution is 5.83. The number of hydrogen-bond donors (Lipinski definition) is 2. The third-order valence-corrected chi connectivity index (χ3v) is 4.94. The minimum atomic E-state index is 0.110. The van der Waals surface area contributed by atoms with Crippen molar-refractivity contribution in [2.75, 3.05) is 26.7 Å². The maximum absolute atomic E-state index is 12.9. The van der Waals surface area contributed by atoms with E-state index in [2.05, 4.69) is 29.4 Å². The van der Waals surface area contributed by atoms with E-state index >= 15 is 0 Å². The Bertz CT molecular complexity index is 904. The Balaban J connectivity index is 1.74. The average Bonchev–Trinajstić information content (AvgIpc) is 3.14. The molecule has 5 heteroatoms. The van der Waals surface area contributed by atoms with Crippen LogP contribution < -0.4 is 10.1 Å². The van der Waals surface area contributed by atoms with E-state index in [4.69, 9.17) is 4.74 Å². The lowest BCUT2D eigenvalue weighted by atomic mass is 10.1. The third-order valence-electron chi connectivity index (χ3n) is 4.94. The number of aromatic amines is 1. The van der Waals surface area contributed by atoms with Gasteiger partial charge in [-0.1, -0.05) is 43.3 Å². The van der Waals surface area contributed by atoms with Gasteiger partial charge in [0.1, 0.15) is 5.75 Å². The number of carbonyl (C=O) groups is 1. The van der Waals surface area contributed by atoms with Crippen LogP contribution in [0.2, 0.25) is 0 Å². The van der Waals surface area contributed by atoms with Crippen LogP contribution in [0.1, 0.15) is 24.5 Å². The third kappa shape index (κ3) is 4.93. The minimum absolute atomic E-state index is 0.110. The first-order valence-electron chi connectivity index (χ1n) is 9.88. The van der Waals surface area contributed by atoms with E-state index in [1.54, 1.807) is 7.11 Å². The summed E-state index contributed by atoms with van der Waals surface area (Å²) in [5.41, 5.74) is 3.38. The highest BCUT2D eigenvalue weighted by Crippen LogP contribution is 2.21. The van der Waals surface area contributed by atoms with Crippen LogP contribution in [0.15, 0.2) is 54.7 Å². The fourth-order valence-corrected chi connectivity index (χ4v) is 3.41. The summed E-state index contributed by atoms with van der Waals surface area (Å²) >= 11 is 0. The van der Waals surface area contributed by atoms with Crippen molar-refractivity contribution >= 4 is 16.8 Å². The van der Waals surface area contributed by atoms with E-state index < -0.39 is 0 Å². The normalized spacial score (nSPS) is 10.9. The molecule has 0 radical (unpaired) electrons. The molecule has 0 aliphatic carbocycles. The second kappa shape index (κ2) is 9.95. The largest absolute Gasteiger partial charge is 0.496 e. The van der Waals surface area contributed by atoms with Gasteiger partial charge in [-0.15, -0.1) is 0 Å². The molecule has 3 aromatic rings. The number of nitrogens with one attached hydrogen (secondary N) is 2. The fourth-order valence-electron chi connectivity index (χ4n) is 3.41. The molecule has 0 saturated heterocycles. The molecule has 0 saturated carbocycles. The molecule has 1 heterocycles. The van der Waals surface area contributed by atoms with Gasteiger partial charge in [0.25, 0.3) is 0 Å². The number of methoxy groups -OCH3 is 1. The van der Waals surface area contributed by atoms with Crippen molar-refractivity contribution in [3.8, 4) is 5.75 Å². The predicted molar refractivity (Wildman–Crippen MR) is 114 cm³/mol. The Morgan fingerprint density at radius 3 is 2.71 bits per heavy atom. The number of nitrogens with zero attached hydrogens (tertiary/aromatic N) is 1. The zero-order chi connectivity index (χ0) is 19.8. The molecular formula is C23H29N3O2. The summed E-state index contributed by atoms with van der Waals surface area (Å²) in [6.07, 6.45) is 3.86. The molecular weight excluding hydrogens is 350 g/mol. The lowest BCUT2D eigenvalue weighted by Crippen LogP contribution is -2.39. The molecule has 0 fully saturated rings. The first-order chi connectivity index (χ1) is 13.7. The molecule has 0 unspecified atom stereocenters. The van der Waals surface area contributed by atoms with Crippen molar-refractivity contribution in [1.29, 1.82) is 0 Å². The molecule has 28 heavy (non-hydrogen) atoms. The van der Waals surface area contributed by atoms with Crippen molar-refractivity contribution in [3.05, 3.63) is 65.9 Å². The number of carbonyl (C=O) groups excluding carboxylic acids is 1. The first-order valence-corrected chi connectivity index (χ1v) is 9.88. The SMILES string of the molecule is CCCNCC(=O)N(CCc1c[nH]c2ccccc12)Cc1ccccc1OC. The van der Waals surface area contributed by atoms with Gasteiger partial charge in [0, 0.05) is 35.8 Å². The van der Waals surface area contributed by atoms with E-state index in [-0.39, 0.29) is 5.91 Å². The van der Waals surface area contributed by atoms with Crippen molar-refractivity contribution < 1.29 is 9.53 Å². The van der Waals surface area contributed by atoms with Gasteiger partial charge in [-0.25, -0.2) is 0 Å². The number of amides is 1. The van der Waals surface area contributed by atoms with Crippen LogP contribution in [0.3, 0.4) is 0 Å². The summed E-state index contributed by atoms with van der Waals surface area (Å²) in [5, 5.41) is 4.44. The van der Waals surface area contributed by atoms with E-state index in [0.29, 0.717) is 19.6 Å². The minimum Gasteiger partial charge on any atom is -0.496 e. The number of fused-ring (bicyclic) bond motifs is 1. The number of rotatable bonds is 10. The maximum Gasteiger partial charge on any atom is 0.236 e. The lowest BCUT2D eigenvalue weighted by Gasteiger charge is -2.24. The van der Waals surface area contributed by atoms with Crippen LogP contribution in [-0.2, 0) is 17.8 Å². The van der Waals surface area contributed by atoms with Gasteiger partial charge in [0.2, 0.25) is 5.91 Å².